The van der Waals surface area contributed by atoms with E-state index < -0.39 is 5.97 Å². The first-order valence-corrected chi connectivity index (χ1v) is 4.43. The van der Waals surface area contributed by atoms with E-state index >= 15 is 0 Å². The Kier molecular flexibility index (Phi) is 3.28. The molecule has 0 atom stereocenters. The third-order valence-corrected chi connectivity index (χ3v) is 2.29. The zero-order valence-electron chi connectivity index (χ0n) is 6.20. The van der Waals surface area contributed by atoms with Gasteiger partial charge in [0.2, 0.25) is 0 Å². The van der Waals surface area contributed by atoms with Crippen LogP contribution in [0.2, 0.25) is 0 Å². The van der Waals surface area contributed by atoms with Gasteiger partial charge in [-0.25, -0.2) is 4.79 Å². The zero-order chi connectivity index (χ0) is 8.97. The first-order valence-electron chi connectivity index (χ1n) is 3.35. The molecule has 1 rings (SSSR count). The lowest BCUT2D eigenvalue weighted by Gasteiger charge is -1.94. The summed E-state index contributed by atoms with van der Waals surface area (Å²) >= 11 is 2.16. The van der Waals surface area contributed by atoms with Crippen molar-refractivity contribution in [3.05, 3.63) is 39.5 Å². The molecular formula is C9H7IO2. The smallest absolute Gasteiger partial charge is 0.328 e. The van der Waals surface area contributed by atoms with Gasteiger partial charge in [-0.1, -0.05) is 18.2 Å². The molecule has 2 nitrogen and oxygen atoms in total. The van der Waals surface area contributed by atoms with Crippen LogP contribution in [0.25, 0.3) is 6.08 Å². The van der Waals surface area contributed by atoms with Crippen LogP contribution in [0.15, 0.2) is 30.3 Å². The Hall–Kier alpha value is -0.840. The van der Waals surface area contributed by atoms with Crippen molar-refractivity contribution in [1.29, 1.82) is 0 Å². The van der Waals surface area contributed by atoms with E-state index in [0.717, 1.165) is 15.2 Å². The van der Waals surface area contributed by atoms with Crippen molar-refractivity contribution in [1.82, 2.24) is 0 Å². The predicted octanol–water partition coefficient (Wildman–Crippen LogP) is 2.39. The monoisotopic (exact) mass is 274 g/mol. The third-order valence-electron chi connectivity index (χ3n) is 1.31. The fourth-order valence-corrected chi connectivity index (χ4v) is 1.34. The van der Waals surface area contributed by atoms with Gasteiger partial charge in [-0.05, 0) is 40.3 Å². The third kappa shape index (κ3) is 2.65. The van der Waals surface area contributed by atoms with Crippen molar-refractivity contribution in [2.75, 3.05) is 0 Å². The average molecular weight is 274 g/mol. The molecule has 1 aromatic rings. The predicted molar refractivity (Wildman–Crippen MR) is 55.8 cm³/mol. The van der Waals surface area contributed by atoms with Crippen LogP contribution in [0.1, 0.15) is 5.56 Å². The van der Waals surface area contributed by atoms with Gasteiger partial charge < -0.3 is 5.11 Å². The number of carbonyl (C=O) groups is 1. The number of hydrogen-bond donors (Lipinski definition) is 1. The van der Waals surface area contributed by atoms with Gasteiger partial charge in [0, 0.05) is 9.65 Å². The van der Waals surface area contributed by atoms with Gasteiger partial charge in [0.25, 0.3) is 0 Å². The lowest BCUT2D eigenvalue weighted by molar-refractivity contribution is -0.131. The standard InChI is InChI=1S/C9H7IO2/c10-8-4-2-1-3-7(8)5-6-9(11)12/h1-6H,(H,11,12). The SMILES string of the molecule is O=C(O)C=Cc1ccccc1I. The Morgan fingerprint density at radius 1 is 1.42 bits per heavy atom. The summed E-state index contributed by atoms with van der Waals surface area (Å²) in [7, 11) is 0. The van der Waals surface area contributed by atoms with Crippen LogP contribution in [0.5, 0.6) is 0 Å². The van der Waals surface area contributed by atoms with Gasteiger partial charge >= 0.3 is 5.97 Å². The maximum absolute atomic E-state index is 10.2. The van der Waals surface area contributed by atoms with E-state index in [0.29, 0.717) is 0 Å². The van der Waals surface area contributed by atoms with Crippen LogP contribution in [-0.2, 0) is 4.79 Å². The molecule has 0 spiro atoms. The molecule has 0 aliphatic heterocycles. The Morgan fingerprint density at radius 2 is 2.08 bits per heavy atom. The summed E-state index contributed by atoms with van der Waals surface area (Å²) in [6.07, 6.45) is 2.72. The van der Waals surface area contributed by atoms with Gasteiger partial charge in [-0.15, -0.1) is 0 Å². The largest absolute Gasteiger partial charge is 0.478 e. The maximum atomic E-state index is 10.2. The molecule has 1 aromatic carbocycles. The number of rotatable bonds is 2. The molecule has 0 unspecified atom stereocenters. The Balaban J connectivity index is 2.89. The quantitative estimate of drug-likeness (QED) is 0.664. The van der Waals surface area contributed by atoms with E-state index in [4.69, 9.17) is 5.11 Å². The molecule has 0 amide bonds. The second kappa shape index (κ2) is 4.25. The summed E-state index contributed by atoms with van der Waals surface area (Å²) < 4.78 is 1.05. The fraction of sp³-hybridized carbons (Fsp3) is 0. The van der Waals surface area contributed by atoms with Crippen LogP contribution >= 0.6 is 22.6 Å². The molecule has 0 aliphatic rings. The lowest BCUT2D eigenvalue weighted by Crippen LogP contribution is -1.86. The number of carboxylic acid groups (broad SMARTS) is 1. The highest BCUT2D eigenvalue weighted by Crippen LogP contribution is 2.12. The van der Waals surface area contributed by atoms with E-state index in [1.165, 1.54) is 0 Å². The van der Waals surface area contributed by atoms with Crippen molar-refractivity contribution in [2.24, 2.45) is 0 Å². The molecule has 0 radical (unpaired) electrons. The van der Waals surface area contributed by atoms with Crippen LogP contribution in [0.3, 0.4) is 0 Å². The number of aliphatic carboxylic acids is 1. The molecule has 0 bridgehead atoms. The van der Waals surface area contributed by atoms with Gasteiger partial charge in [0.1, 0.15) is 0 Å². The summed E-state index contributed by atoms with van der Waals surface area (Å²) in [4.78, 5) is 10.2. The Morgan fingerprint density at radius 3 is 2.67 bits per heavy atom. The molecule has 3 heteroatoms. The van der Waals surface area contributed by atoms with E-state index in [9.17, 15) is 4.79 Å². The van der Waals surface area contributed by atoms with E-state index in [1.807, 2.05) is 24.3 Å². The highest BCUT2D eigenvalue weighted by molar-refractivity contribution is 14.1. The highest BCUT2D eigenvalue weighted by Gasteiger charge is 1.93. The summed E-state index contributed by atoms with van der Waals surface area (Å²) in [5.74, 6) is -0.922. The van der Waals surface area contributed by atoms with E-state index in [1.54, 1.807) is 6.08 Å². The van der Waals surface area contributed by atoms with Crippen LogP contribution in [0, 0.1) is 3.57 Å². The molecule has 62 valence electrons. The molecule has 1 N–H and O–H groups in total. The molecule has 12 heavy (non-hydrogen) atoms. The van der Waals surface area contributed by atoms with E-state index in [2.05, 4.69) is 22.6 Å². The minimum atomic E-state index is -0.922. The minimum Gasteiger partial charge on any atom is -0.478 e. The Bertz CT molecular complexity index is 318. The Labute approximate surface area is 84.1 Å². The minimum absolute atomic E-state index is 0.922. The molecular weight excluding hydrogens is 267 g/mol. The van der Waals surface area contributed by atoms with Gasteiger partial charge in [-0.3, -0.25) is 0 Å². The fourth-order valence-electron chi connectivity index (χ4n) is 0.771. The number of carboxylic acids is 1. The normalized spacial score (nSPS) is 10.4. The average Bonchev–Trinajstić information content (AvgIpc) is 2.03. The summed E-state index contributed by atoms with van der Waals surface area (Å²) in [5.41, 5.74) is 0.931. The zero-order valence-corrected chi connectivity index (χ0v) is 8.36. The molecule has 0 saturated heterocycles. The maximum Gasteiger partial charge on any atom is 0.328 e. The lowest BCUT2D eigenvalue weighted by atomic mass is 10.2. The van der Waals surface area contributed by atoms with Crippen molar-refractivity contribution in [2.45, 2.75) is 0 Å². The first kappa shape index (κ1) is 9.25. The summed E-state index contributed by atoms with van der Waals surface area (Å²) in [6, 6.07) is 7.60. The number of hydrogen-bond acceptors (Lipinski definition) is 1. The van der Waals surface area contributed by atoms with Crippen molar-refractivity contribution >= 4 is 34.6 Å². The molecule has 0 fully saturated rings. The molecule has 0 saturated carbocycles. The van der Waals surface area contributed by atoms with E-state index in [-0.39, 0.29) is 0 Å². The topological polar surface area (TPSA) is 37.3 Å². The molecule has 0 heterocycles. The highest BCUT2D eigenvalue weighted by atomic mass is 127. The van der Waals surface area contributed by atoms with Gasteiger partial charge in [0.05, 0.1) is 0 Å². The second-order valence-corrected chi connectivity index (χ2v) is 3.36. The van der Waals surface area contributed by atoms with Crippen molar-refractivity contribution in [3.63, 3.8) is 0 Å². The van der Waals surface area contributed by atoms with Crippen molar-refractivity contribution in [3.8, 4) is 0 Å². The molecule has 0 aromatic heterocycles. The first-order chi connectivity index (χ1) is 5.70. The number of benzene rings is 1. The second-order valence-electron chi connectivity index (χ2n) is 2.19. The van der Waals surface area contributed by atoms with Crippen LogP contribution in [0.4, 0.5) is 0 Å². The van der Waals surface area contributed by atoms with Gasteiger partial charge in [0.15, 0.2) is 0 Å². The van der Waals surface area contributed by atoms with Gasteiger partial charge in [-0.2, -0.15) is 0 Å². The number of halogens is 1. The summed E-state index contributed by atoms with van der Waals surface area (Å²) in [5, 5.41) is 8.38. The molecule has 0 aliphatic carbocycles. The van der Waals surface area contributed by atoms with Crippen LogP contribution < -0.4 is 0 Å². The van der Waals surface area contributed by atoms with Crippen molar-refractivity contribution < 1.29 is 9.90 Å². The van der Waals surface area contributed by atoms with Crippen LogP contribution in [-0.4, -0.2) is 11.1 Å². The summed E-state index contributed by atoms with van der Waals surface area (Å²) in [6.45, 7) is 0.